The Morgan fingerprint density at radius 3 is 2.40 bits per heavy atom. The van der Waals surface area contributed by atoms with E-state index < -0.39 is 0 Å². The van der Waals surface area contributed by atoms with E-state index in [2.05, 4.69) is 0 Å². The van der Waals surface area contributed by atoms with Gasteiger partial charge in [0, 0.05) is 17.4 Å². The zero-order chi connectivity index (χ0) is 14.3. The van der Waals surface area contributed by atoms with Crippen LogP contribution in [0.4, 0.5) is 0 Å². The van der Waals surface area contributed by atoms with Crippen molar-refractivity contribution in [2.45, 2.75) is 56.1 Å². The third-order valence-electron chi connectivity index (χ3n) is 5.34. The van der Waals surface area contributed by atoms with Crippen LogP contribution in [0.15, 0.2) is 18.2 Å². The lowest BCUT2D eigenvalue weighted by Crippen LogP contribution is -2.52. The minimum Gasteiger partial charge on any atom is -0.392 e. The molecular formula is C16H21Cl2NO. The average Bonchev–Trinajstić information content (AvgIpc) is 2.78. The van der Waals surface area contributed by atoms with E-state index in [9.17, 15) is 5.11 Å². The molecule has 0 aliphatic heterocycles. The number of hydrogen-bond donors (Lipinski definition) is 2. The standard InChI is InChI=1S/C16H21Cl2NO/c17-12-6-5-10(9-13(12)18)16(7-2-8-16)15(20)11-3-1-4-14(11)19/h5-6,9,11,14-15,20H,1-4,7-8,19H2/t11-,14+,15+/m0/s1. The first-order valence-electron chi connectivity index (χ1n) is 7.44. The fourth-order valence-corrected chi connectivity index (χ4v) is 4.24. The van der Waals surface area contributed by atoms with Crippen LogP contribution in [-0.4, -0.2) is 17.3 Å². The summed E-state index contributed by atoms with van der Waals surface area (Å²) < 4.78 is 0. The van der Waals surface area contributed by atoms with Gasteiger partial charge in [-0.1, -0.05) is 42.1 Å². The van der Waals surface area contributed by atoms with Crippen LogP contribution < -0.4 is 5.73 Å². The highest BCUT2D eigenvalue weighted by Crippen LogP contribution is 2.51. The van der Waals surface area contributed by atoms with Crippen molar-refractivity contribution in [2.24, 2.45) is 11.7 Å². The molecule has 0 radical (unpaired) electrons. The summed E-state index contributed by atoms with van der Waals surface area (Å²) in [5.74, 6) is 0.213. The van der Waals surface area contributed by atoms with Gasteiger partial charge in [0.15, 0.2) is 0 Å². The Balaban J connectivity index is 1.92. The van der Waals surface area contributed by atoms with Crippen molar-refractivity contribution in [3.63, 3.8) is 0 Å². The molecule has 0 spiro atoms. The van der Waals surface area contributed by atoms with E-state index in [1.165, 1.54) is 0 Å². The molecule has 2 nitrogen and oxygen atoms in total. The minimum absolute atomic E-state index is 0.130. The molecule has 3 atom stereocenters. The molecule has 0 saturated heterocycles. The Kier molecular flexibility index (Phi) is 4.02. The zero-order valence-corrected chi connectivity index (χ0v) is 13.0. The van der Waals surface area contributed by atoms with E-state index in [-0.39, 0.29) is 23.5 Å². The van der Waals surface area contributed by atoms with Gasteiger partial charge in [0.2, 0.25) is 0 Å². The van der Waals surface area contributed by atoms with E-state index in [0.29, 0.717) is 10.0 Å². The third kappa shape index (κ3) is 2.27. The first-order chi connectivity index (χ1) is 9.54. The highest BCUT2D eigenvalue weighted by molar-refractivity contribution is 6.42. The number of aliphatic hydroxyl groups excluding tert-OH is 1. The molecule has 2 aliphatic carbocycles. The van der Waals surface area contributed by atoms with Gasteiger partial charge < -0.3 is 10.8 Å². The van der Waals surface area contributed by atoms with Crippen LogP contribution >= 0.6 is 23.2 Å². The van der Waals surface area contributed by atoms with Crippen LogP contribution in [0, 0.1) is 5.92 Å². The van der Waals surface area contributed by atoms with Gasteiger partial charge in [0.05, 0.1) is 16.1 Å². The van der Waals surface area contributed by atoms with Gasteiger partial charge in [0.1, 0.15) is 0 Å². The van der Waals surface area contributed by atoms with Gasteiger partial charge in [-0.25, -0.2) is 0 Å². The number of benzene rings is 1. The fourth-order valence-electron chi connectivity index (χ4n) is 3.94. The molecule has 0 heterocycles. The SMILES string of the molecule is N[C@@H]1CCC[C@@H]1[C@@H](O)C1(c2ccc(Cl)c(Cl)c2)CCC1. The molecule has 2 saturated carbocycles. The summed E-state index contributed by atoms with van der Waals surface area (Å²) in [6, 6.07) is 5.90. The van der Waals surface area contributed by atoms with Gasteiger partial charge >= 0.3 is 0 Å². The fraction of sp³-hybridized carbons (Fsp3) is 0.625. The van der Waals surface area contributed by atoms with Gasteiger partial charge in [-0.2, -0.15) is 0 Å². The highest BCUT2D eigenvalue weighted by Gasteiger charge is 2.49. The summed E-state index contributed by atoms with van der Waals surface area (Å²) in [4.78, 5) is 0. The van der Waals surface area contributed by atoms with Gasteiger partial charge in [-0.05, 0) is 43.4 Å². The molecule has 3 rings (SSSR count). The van der Waals surface area contributed by atoms with E-state index in [1.807, 2.05) is 18.2 Å². The van der Waals surface area contributed by atoms with E-state index >= 15 is 0 Å². The predicted octanol–water partition coefficient (Wildman–Crippen LogP) is 3.90. The Bertz CT molecular complexity index is 501. The minimum atomic E-state index is -0.369. The van der Waals surface area contributed by atoms with Crippen LogP contribution in [0.3, 0.4) is 0 Å². The summed E-state index contributed by atoms with van der Waals surface area (Å²) in [7, 11) is 0. The first-order valence-corrected chi connectivity index (χ1v) is 8.19. The lowest BCUT2D eigenvalue weighted by atomic mass is 9.58. The molecule has 110 valence electrons. The van der Waals surface area contributed by atoms with Crippen LogP contribution in [0.1, 0.15) is 44.1 Å². The summed E-state index contributed by atoms with van der Waals surface area (Å²) in [6.45, 7) is 0. The Hall–Kier alpha value is -0.280. The maximum absolute atomic E-state index is 10.9. The molecule has 2 aliphatic rings. The van der Waals surface area contributed by atoms with Crippen molar-refractivity contribution in [2.75, 3.05) is 0 Å². The molecule has 0 aromatic heterocycles. The second kappa shape index (κ2) is 5.49. The average molecular weight is 314 g/mol. The molecule has 20 heavy (non-hydrogen) atoms. The molecular weight excluding hydrogens is 293 g/mol. The van der Waals surface area contributed by atoms with E-state index in [0.717, 1.165) is 44.1 Å². The van der Waals surface area contributed by atoms with Crippen LogP contribution in [-0.2, 0) is 5.41 Å². The molecule has 2 fully saturated rings. The number of halogens is 2. The summed E-state index contributed by atoms with van der Waals surface area (Å²) in [5.41, 5.74) is 7.13. The van der Waals surface area contributed by atoms with Crippen LogP contribution in [0.25, 0.3) is 0 Å². The molecule has 1 aromatic carbocycles. The number of hydrogen-bond acceptors (Lipinski definition) is 2. The third-order valence-corrected chi connectivity index (χ3v) is 6.08. The summed E-state index contributed by atoms with van der Waals surface area (Å²) in [6.07, 6.45) is 5.99. The van der Waals surface area contributed by atoms with Crippen LogP contribution in [0.5, 0.6) is 0 Å². The summed E-state index contributed by atoms with van der Waals surface area (Å²) in [5, 5.41) is 12.1. The largest absolute Gasteiger partial charge is 0.392 e. The molecule has 1 aromatic rings. The normalized spacial score (nSPS) is 30.0. The number of nitrogens with two attached hydrogens (primary N) is 1. The lowest BCUT2D eigenvalue weighted by molar-refractivity contribution is -0.0165. The number of rotatable bonds is 3. The van der Waals surface area contributed by atoms with Crippen molar-refractivity contribution >= 4 is 23.2 Å². The second-order valence-electron chi connectivity index (χ2n) is 6.34. The monoisotopic (exact) mass is 313 g/mol. The van der Waals surface area contributed by atoms with E-state index in [1.54, 1.807) is 0 Å². The smallest absolute Gasteiger partial charge is 0.0679 e. The van der Waals surface area contributed by atoms with E-state index in [4.69, 9.17) is 28.9 Å². The Morgan fingerprint density at radius 1 is 1.15 bits per heavy atom. The maximum Gasteiger partial charge on any atom is 0.0679 e. The molecule has 0 amide bonds. The van der Waals surface area contributed by atoms with Gasteiger partial charge in [-0.3, -0.25) is 0 Å². The molecule has 4 heteroatoms. The highest BCUT2D eigenvalue weighted by atomic mass is 35.5. The van der Waals surface area contributed by atoms with Crippen molar-refractivity contribution in [1.29, 1.82) is 0 Å². The topological polar surface area (TPSA) is 46.2 Å². The van der Waals surface area contributed by atoms with Crippen molar-refractivity contribution in [1.82, 2.24) is 0 Å². The molecule has 0 unspecified atom stereocenters. The van der Waals surface area contributed by atoms with Crippen molar-refractivity contribution in [3.05, 3.63) is 33.8 Å². The zero-order valence-electron chi connectivity index (χ0n) is 11.5. The van der Waals surface area contributed by atoms with Crippen LogP contribution in [0.2, 0.25) is 10.0 Å². The Morgan fingerprint density at radius 2 is 1.90 bits per heavy atom. The van der Waals surface area contributed by atoms with Gasteiger partial charge in [0.25, 0.3) is 0 Å². The lowest BCUT2D eigenvalue weighted by Gasteiger charge is -2.49. The maximum atomic E-state index is 10.9. The second-order valence-corrected chi connectivity index (χ2v) is 7.16. The predicted molar refractivity (Wildman–Crippen MR) is 83.3 cm³/mol. The van der Waals surface area contributed by atoms with Crippen molar-refractivity contribution in [3.8, 4) is 0 Å². The Labute approximate surface area is 130 Å². The summed E-state index contributed by atoms with van der Waals surface area (Å²) >= 11 is 12.2. The number of aliphatic hydroxyl groups is 1. The first kappa shape index (κ1) is 14.6. The van der Waals surface area contributed by atoms with Crippen molar-refractivity contribution < 1.29 is 5.11 Å². The quantitative estimate of drug-likeness (QED) is 0.889. The molecule has 0 bridgehead atoms. The van der Waals surface area contributed by atoms with Gasteiger partial charge in [-0.15, -0.1) is 0 Å². The molecule has 3 N–H and O–H groups in total.